The van der Waals surface area contributed by atoms with Crippen molar-refractivity contribution < 1.29 is 9.53 Å². The molecule has 0 aliphatic carbocycles. The molecule has 1 heterocycles. The molecule has 5 nitrogen and oxygen atoms in total. The predicted octanol–water partition coefficient (Wildman–Crippen LogP) is 4.98. The Morgan fingerprint density at radius 1 is 1.03 bits per heavy atom. The normalized spacial score (nSPS) is 11.3. The van der Waals surface area contributed by atoms with Gasteiger partial charge in [0.25, 0.3) is 5.91 Å². The van der Waals surface area contributed by atoms with E-state index < -0.39 is 0 Å². The number of nitrogens with zero attached hydrogens (tertiary/aromatic N) is 3. The predicted molar refractivity (Wildman–Crippen MR) is 126 cm³/mol. The fraction of sp³-hybridized carbons (Fsp3) is 0.417. The zero-order valence-corrected chi connectivity index (χ0v) is 19.4. The smallest absolute Gasteiger partial charge is 0.266 e. The van der Waals surface area contributed by atoms with Crippen LogP contribution in [0.15, 0.2) is 36.4 Å². The molecule has 0 fully saturated rings. The average Bonchev–Trinajstić information content (AvgIpc) is 3.14. The summed E-state index contributed by atoms with van der Waals surface area (Å²) < 4.78 is 6.96. The number of thiazole rings is 1. The summed E-state index contributed by atoms with van der Waals surface area (Å²) in [6.45, 7) is 13.7. The standard InChI is InChI=1S/C24H31N3O2S/c1-6-26(7-2)12-13-27(22(28)16-29-20-11-9-8-10-18(20)4)24-25-23-19(5)14-17(3)15-21(23)30-24/h8-11,14-15H,6-7,12-13,16H2,1-5H3. The van der Waals surface area contributed by atoms with E-state index in [2.05, 4.69) is 44.7 Å². The van der Waals surface area contributed by atoms with Crippen LogP contribution in [0.2, 0.25) is 0 Å². The molecule has 0 unspecified atom stereocenters. The van der Waals surface area contributed by atoms with Gasteiger partial charge in [-0.15, -0.1) is 0 Å². The molecule has 0 atom stereocenters. The van der Waals surface area contributed by atoms with Gasteiger partial charge in [0.2, 0.25) is 0 Å². The topological polar surface area (TPSA) is 45.7 Å². The van der Waals surface area contributed by atoms with Crippen LogP contribution in [0.1, 0.15) is 30.5 Å². The van der Waals surface area contributed by atoms with E-state index in [1.807, 2.05) is 31.2 Å². The molecule has 0 radical (unpaired) electrons. The summed E-state index contributed by atoms with van der Waals surface area (Å²) >= 11 is 1.57. The van der Waals surface area contributed by atoms with Crippen LogP contribution in [0.4, 0.5) is 5.13 Å². The maximum Gasteiger partial charge on any atom is 0.266 e. The van der Waals surface area contributed by atoms with E-state index in [1.54, 1.807) is 16.2 Å². The number of rotatable bonds is 9. The van der Waals surface area contributed by atoms with Crippen LogP contribution < -0.4 is 9.64 Å². The van der Waals surface area contributed by atoms with Crippen molar-refractivity contribution in [3.63, 3.8) is 0 Å². The number of aryl methyl sites for hydroxylation is 3. The lowest BCUT2D eigenvalue weighted by Gasteiger charge is -2.24. The third-order valence-corrected chi connectivity index (χ3v) is 6.35. The van der Waals surface area contributed by atoms with Crippen LogP contribution in [-0.2, 0) is 4.79 Å². The van der Waals surface area contributed by atoms with Crippen LogP contribution in [0.3, 0.4) is 0 Å². The average molecular weight is 426 g/mol. The third-order valence-electron chi connectivity index (χ3n) is 5.33. The molecule has 0 aliphatic heterocycles. The van der Waals surface area contributed by atoms with Crippen molar-refractivity contribution in [1.82, 2.24) is 9.88 Å². The second kappa shape index (κ2) is 10.0. The van der Waals surface area contributed by atoms with Gasteiger partial charge >= 0.3 is 0 Å². The monoisotopic (exact) mass is 425 g/mol. The van der Waals surface area contributed by atoms with Crippen LogP contribution in [-0.4, -0.2) is 48.6 Å². The highest BCUT2D eigenvalue weighted by Crippen LogP contribution is 2.32. The molecule has 30 heavy (non-hydrogen) atoms. The Bertz CT molecular complexity index is 1010. The SMILES string of the molecule is CCN(CC)CCN(C(=O)COc1ccccc1C)c1nc2c(C)cc(C)cc2s1. The molecular formula is C24H31N3O2S. The highest BCUT2D eigenvalue weighted by atomic mass is 32.1. The first kappa shape index (κ1) is 22.2. The Hall–Kier alpha value is -2.44. The lowest BCUT2D eigenvalue weighted by Crippen LogP contribution is -2.41. The molecule has 0 spiro atoms. The number of fused-ring (bicyclic) bond motifs is 1. The second-order valence-corrected chi connectivity index (χ2v) is 8.56. The number of hydrogen-bond donors (Lipinski definition) is 0. The highest BCUT2D eigenvalue weighted by Gasteiger charge is 2.22. The molecule has 0 bridgehead atoms. The Kier molecular flexibility index (Phi) is 7.45. The summed E-state index contributed by atoms with van der Waals surface area (Å²) in [6, 6.07) is 12.0. The number of carbonyl (C=O) groups excluding carboxylic acids is 1. The van der Waals surface area contributed by atoms with Crippen molar-refractivity contribution >= 4 is 32.6 Å². The van der Waals surface area contributed by atoms with Gasteiger partial charge in [0, 0.05) is 13.1 Å². The summed E-state index contributed by atoms with van der Waals surface area (Å²) in [5, 5.41) is 0.740. The van der Waals surface area contributed by atoms with Crippen LogP contribution in [0.5, 0.6) is 5.75 Å². The number of ether oxygens (including phenoxy) is 1. The minimum absolute atomic E-state index is 0.00294. The van der Waals surface area contributed by atoms with Crippen molar-refractivity contribution in [3.05, 3.63) is 53.1 Å². The fourth-order valence-corrected chi connectivity index (χ4v) is 4.70. The minimum Gasteiger partial charge on any atom is -0.483 e. The number of aromatic nitrogens is 1. The number of anilines is 1. The van der Waals surface area contributed by atoms with E-state index in [-0.39, 0.29) is 12.5 Å². The largest absolute Gasteiger partial charge is 0.483 e. The first-order valence-electron chi connectivity index (χ1n) is 10.5. The Balaban J connectivity index is 1.85. The molecule has 1 amide bonds. The molecule has 3 aromatic rings. The number of para-hydroxylation sites is 1. The van der Waals surface area contributed by atoms with E-state index >= 15 is 0 Å². The second-order valence-electron chi connectivity index (χ2n) is 7.55. The van der Waals surface area contributed by atoms with Gasteiger partial charge in [0.15, 0.2) is 11.7 Å². The fourth-order valence-electron chi connectivity index (χ4n) is 3.52. The van der Waals surface area contributed by atoms with Crippen molar-refractivity contribution in [1.29, 1.82) is 0 Å². The highest BCUT2D eigenvalue weighted by molar-refractivity contribution is 7.22. The van der Waals surface area contributed by atoms with E-state index in [0.29, 0.717) is 6.54 Å². The van der Waals surface area contributed by atoms with Crippen LogP contribution >= 0.6 is 11.3 Å². The van der Waals surface area contributed by atoms with Crippen molar-refractivity contribution in [2.75, 3.05) is 37.7 Å². The van der Waals surface area contributed by atoms with E-state index in [0.717, 1.165) is 51.9 Å². The summed E-state index contributed by atoms with van der Waals surface area (Å²) in [7, 11) is 0. The summed E-state index contributed by atoms with van der Waals surface area (Å²) in [5.41, 5.74) is 4.34. The minimum atomic E-state index is -0.0705. The number of likely N-dealkylation sites (N-methyl/N-ethyl adjacent to an activating group) is 1. The number of amides is 1. The van der Waals surface area contributed by atoms with Crippen LogP contribution in [0, 0.1) is 20.8 Å². The molecule has 3 rings (SSSR count). The van der Waals surface area contributed by atoms with E-state index in [4.69, 9.17) is 9.72 Å². The maximum absolute atomic E-state index is 13.2. The summed E-state index contributed by atoms with van der Waals surface area (Å²) in [6.07, 6.45) is 0. The quantitative estimate of drug-likeness (QED) is 0.485. The number of benzene rings is 2. The molecule has 0 saturated carbocycles. The van der Waals surface area contributed by atoms with Gasteiger partial charge in [-0.25, -0.2) is 4.98 Å². The van der Waals surface area contributed by atoms with Gasteiger partial charge in [-0.3, -0.25) is 9.69 Å². The Morgan fingerprint density at radius 2 is 1.77 bits per heavy atom. The maximum atomic E-state index is 13.2. The molecule has 0 N–H and O–H groups in total. The summed E-state index contributed by atoms with van der Waals surface area (Å²) in [4.78, 5) is 22.1. The van der Waals surface area contributed by atoms with Crippen molar-refractivity contribution in [2.24, 2.45) is 0 Å². The molecule has 1 aromatic heterocycles. The zero-order valence-electron chi connectivity index (χ0n) is 18.6. The van der Waals surface area contributed by atoms with Gasteiger partial charge in [-0.2, -0.15) is 0 Å². The molecule has 0 saturated heterocycles. The van der Waals surface area contributed by atoms with Gasteiger partial charge in [0.1, 0.15) is 5.75 Å². The lowest BCUT2D eigenvalue weighted by atomic mass is 10.1. The Morgan fingerprint density at radius 3 is 2.47 bits per heavy atom. The summed E-state index contributed by atoms with van der Waals surface area (Å²) in [5.74, 6) is 0.671. The zero-order chi connectivity index (χ0) is 21.7. The molecule has 2 aromatic carbocycles. The number of hydrogen-bond acceptors (Lipinski definition) is 5. The van der Waals surface area contributed by atoms with Gasteiger partial charge in [-0.05, 0) is 62.7 Å². The number of carbonyl (C=O) groups is 1. The Labute approximate surface area is 183 Å². The van der Waals surface area contributed by atoms with Gasteiger partial charge < -0.3 is 9.64 Å². The molecule has 160 valence electrons. The van der Waals surface area contributed by atoms with Crippen LogP contribution in [0.25, 0.3) is 10.2 Å². The first-order valence-corrected chi connectivity index (χ1v) is 11.3. The van der Waals surface area contributed by atoms with Crippen molar-refractivity contribution in [2.45, 2.75) is 34.6 Å². The molecule has 6 heteroatoms. The third kappa shape index (κ3) is 5.18. The molecular weight excluding hydrogens is 394 g/mol. The van der Waals surface area contributed by atoms with E-state index in [1.165, 1.54) is 5.56 Å². The van der Waals surface area contributed by atoms with Gasteiger partial charge in [-0.1, -0.05) is 49.4 Å². The molecule has 0 aliphatic rings. The first-order chi connectivity index (χ1) is 14.4. The van der Waals surface area contributed by atoms with Gasteiger partial charge in [0.05, 0.1) is 10.2 Å². The van der Waals surface area contributed by atoms with Crippen molar-refractivity contribution in [3.8, 4) is 5.75 Å². The van der Waals surface area contributed by atoms with E-state index in [9.17, 15) is 4.79 Å². The lowest BCUT2D eigenvalue weighted by molar-refractivity contribution is -0.120.